The van der Waals surface area contributed by atoms with E-state index in [0.29, 0.717) is 18.1 Å². The van der Waals surface area contributed by atoms with Gasteiger partial charge in [-0.1, -0.05) is 12.8 Å². The number of imidazole rings is 1. The topological polar surface area (TPSA) is 83.5 Å². The predicted molar refractivity (Wildman–Crippen MR) is 63.3 cm³/mol. The first kappa shape index (κ1) is 10.6. The van der Waals surface area contributed by atoms with Gasteiger partial charge in [-0.3, -0.25) is 14.3 Å². The smallest absolute Gasteiger partial charge is 0.323 e. The zero-order valence-corrected chi connectivity index (χ0v) is 9.75. The van der Waals surface area contributed by atoms with Gasteiger partial charge in [0.1, 0.15) is 0 Å². The van der Waals surface area contributed by atoms with Gasteiger partial charge >= 0.3 is 5.69 Å². The van der Waals surface area contributed by atoms with E-state index in [1.165, 1.54) is 17.4 Å². The molecule has 1 saturated carbocycles. The molecule has 0 aromatic carbocycles. The molecule has 0 saturated heterocycles. The number of fused-ring (bicyclic) bond motifs is 1. The summed E-state index contributed by atoms with van der Waals surface area (Å²) in [5, 5.41) is 0.122. The van der Waals surface area contributed by atoms with E-state index in [1.807, 2.05) is 0 Å². The molecule has 3 rings (SSSR count). The van der Waals surface area contributed by atoms with Crippen LogP contribution < -0.4 is 11.2 Å². The van der Waals surface area contributed by atoms with Gasteiger partial charge in [0.2, 0.25) is 5.28 Å². The molecule has 0 aliphatic heterocycles. The number of aryl methyl sites for hydroxylation is 1. The molecular weight excluding hydrogens is 244 g/mol. The van der Waals surface area contributed by atoms with Crippen molar-refractivity contribution >= 4 is 22.8 Å². The molecule has 1 fully saturated rings. The lowest BCUT2D eigenvalue weighted by Crippen LogP contribution is -2.30. The van der Waals surface area contributed by atoms with E-state index in [-0.39, 0.29) is 10.8 Å². The van der Waals surface area contributed by atoms with E-state index in [4.69, 9.17) is 11.6 Å². The Labute approximate surface area is 101 Å². The number of nitrogens with one attached hydrogen (secondary N) is 2. The summed E-state index contributed by atoms with van der Waals surface area (Å²) in [5.41, 5.74) is -0.312. The third-order valence-electron chi connectivity index (χ3n) is 3.06. The van der Waals surface area contributed by atoms with Crippen LogP contribution in [0.15, 0.2) is 9.59 Å². The third kappa shape index (κ3) is 1.88. The molecule has 1 aliphatic rings. The molecule has 0 unspecified atom stereocenters. The fraction of sp³-hybridized carbons (Fsp3) is 0.500. The van der Waals surface area contributed by atoms with Gasteiger partial charge in [0.25, 0.3) is 5.56 Å². The normalized spacial score (nSPS) is 15.6. The summed E-state index contributed by atoms with van der Waals surface area (Å²) in [6.45, 7) is 0.567. The predicted octanol–water partition coefficient (Wildman–Crippen LogP) is 0.866. The van der Waals surface area contributed by atoms with Crippen LogP contribution in [-0.4, -0.2) is 19.5 Å². The van der Waals surface area contributed by atoms with Gasteiger partial charge in [-0.2, -0.15) is 4.98 Å². The van der Waals surface area contributed by atoms with Crippen LogP contribution in [0, 0.1) is 5.92 Å². The Balaban J connectivity index is 2.13. The Hall–Kier alpha value is -1.56. The average Bonchev–Trinajstić information content (AvgIpc) is 3.00. The second-order valence-corrected chi connectivity index (χ2v) is 4.73. The molecule has 90 valence electrons. The van der Waals surface area contributed by atoms with Crippen molar-refractivity contribution in [1.82, 2.24) is 19.5 Å². The van der Waals surface area contributed by atoms with Crippen LogP contribution in [0.1, 0.15) is 19.3 Å². The summed E-state index contributed by atoms with van der Waals surface area (Å²) in [6.07, 6.45) is 3.39. The number of rotatable bonds is 3. The number of halogens is 1. The lowest BCUT2D eigenvalue weighted by molar-refractivity contribution is 0.582. The largest absolute Gasteiger partial charge is 0.330 e. The molecule has 1 aliphatic carbocycles. The highest BCUT2D eigenvalue weighted by atomic mass is 35.5. The van der Waals surface area contributed by atoms with Crippen molar-refractivity contribution in [2.75, 3.05) is 0 Å². The van der Waals surface area contributed by atoms with E-state index in [1.54, 1.807) is 0 Å². The standard InChI is InChI=1S/C10H11ClN4O2/c11-9-12-6-7(13-9)15(4-3-5-1-2-5)10(17)14-8(6)16/h5H,1-4H2,(H,12,13)(H,14,16,17). The summed E-state index contributed by atoms with van der Waals surface area (Å²) < 4.78 is 1.47. The summed E-state index contributed by atoms with van der Waals surface area (Å²) >= 11 is 5.72. The van der Waals surface area contributed by atoms with Gasteiger partial charge in [-0.15, -0.1) is 0 Å². The highest BCUT2D eigenvalue weighted by molar-refractivity contribution is 6.28. The highest BCUT2D eigenvalue weighted by Gasteiger charge is 2.22. The lowest BCUT2D eigenvalue weighted by atomic mass is 10.3. The maximum absolute atomic E-state index is 11.7. The van der Waals surface area contributed by atoms with Gasteiger partial charge in [0.15, 0.2) is 11.2 Å². The molecular formula is C10H11ClN4O2. The SMILES string of the molecule is O=c1[nH]c(=O)n(CCC2CC2)c2nc(Cl)[nH]c12. The maximum atomic E-state index is 11.7. The maximum Gasteiger partial charge on any atom is 0.330 e. The first-order valence-electron chi connectivity index (χ1n) is 5.53. The van der Waals surface area contributed by atoms with Crippen LogP contribution in [0.3, 0.4) is 0 Å². The van der Waals surface area contributed by atoms with Crippen LogP contribution in [0.4, 0.5) is 0 Å². The molecule has 17 heavy (non-hydrogen) atoms. The number of nitrogens with zero attached hydrogens (tertiary/aromatic N) is 2. The molecule has 2 aromatic heterocycles. The lowest BCUT2D eigenvalue weighted by Gasteiger charge is -2.04. The van der Waals surface area contributed by atoms with Crippen LogP contribution in [0.5, 0.6) is 0 Å². The third-order valence-corrected chi connectivity index (χ3v) is 3.24. The molecule has 2 N–H and O–H groups in total. The summed E-state index contributed by atoms with van der Waals surface area (Å²) in [5.74, 6) is 0.707. The van der Waals surface area contributed by atoms with Crippen LogP contribution >= 0.6 is 11.6 Å². The molecule has 0 atom stereocenters. The highest BCUT2D eigenvalue weighted by Crippen LogP contribution is 2.32. The van der Waals surface area contributed by atoms with Gasteiger partial charge in [-0.25, -0.2) is 4.79 Å². The van der Waals surface area contributed by atoms with Crippen molar-refractivity contribution in [3.63, 3.8) is 0 Å². The van der Waals surface area contributed by atoms with Gasteiger partial charge in [0.05, 0.1) is 0 Å². The molecule has 0 radical (unpaired) electrons. The Bertz CT molecular complexity index is 680. The number of aromatic nitrogens is 4. The van der Waals surface area contributed by atoms with Crippen LogP contribution in [-0.2, 0) is 6.54 Å². The van der Waals surface area contributed by atoms with E-state index < -0.39 is 11.2 Å². The van der Waals surface area contributed by atoms with Crippen molar-refractivity contribution < 1.29 is 0 Å². The summed E-state index contributed by atoms with van der Waals surface area (Å²) in [6, 6.07) is 0. The number of aromatic amines is 2. The van der Waals surface area contributed by atoms with Crippen LogP contribution in [0.25, 0.3) is 11.2 Å². The Morgan fingerprint density at radius 1 is 1.35 bits per heavy atom. The second kappa shape index (κ2) is 3.73. The van der Waals surface area contributed by atoms with Gasteiger partial charge in [0, 0.05) is 6.54 Å². The Kier molecular flexibility index (Phi) is 2.32. The van der Waals surface area contributed by atoms with Crippen molar-refractivity contribution in [3.05, 3.63) is 26.1 Å². The minimum absolute atomic E-state index is 0.122. The molecule has 0 amide bonds. The number of H-pyrrole nitrogens is 2. The molecule has 0 bridgehead atoms. The average molecular weight is 255 g/mol. The first-order valence-corrected chi connectivity index (χ1v) is 5.91. The summed E-state index contributed by atoms with van der Waals surface area (Å²) in [4.78, 5) is 32.1. The quantitative estimate of drug-likeness (QED) is 0.797. The number of hydrogen-bond acceptors (Lipinski definition) is 3. The van der Waals surface area contributed by atoms with Crippen molar-refractivity contribution in [2.24, 2.45) is 5.92 Å². The van der Waals surface area contributed by atoms with Crippen LogP contribution in [0.2, 0.25) is 5.28 Å². The zero-order chi connectivity index (χ0) is 12.0. The molecule has 7 heteroatoms. The zero-order valence-electron chi connectivity index (χ0n) is 8.99. The minimum atomic E-state index is -0.480. The van der Waals surface area contributed by atoms with Crippen molar-refractivity contribution in [2.45, 2.75) is 25.8 Å². The monoisotopic (exact) mass is 254 g/mol. The molecule has 2 heterocycles. The van der Waals surface area contributed by atoms with E-state index in [0.717, 1.165) is 6.42 Å². The Morgan fingerprint density at radius 2 is 2.12 bits per heavy atom. The summed E-state index contributed by atoms with van der Waals surface area (Å²) in [7, 11) is 0. The molecule has 6 nitrogen and oxygen atoms in total. The fourth-order valence-electron chi connectivity index (χ4n) is 1.94. The Morgan fingerprint density at radius 3 is 2.82 bits per heavy atom. The van der Waals surface area contributed by atoms with E-state index >= 15 is 0 Å². The van der Waals surface area contributed by atoms with Gasteiger partial charge in [-0.05, 0) is 23.9 Å². The molecule has 0 spiro atoms. The number of hydrogen-bond donors (Lipinski definition) is 2. The fourth-order valence-corrected chi connectivity index (χ4v) is 2.11. The molecule has 2 aromatic rings. The first-order chi connectivity index (χ1) is 8.15. The minimum Gasteiger partial charge on any atom is -0.323 e. The van der Waals surface area contributed by atoms with Gasteiger partial charge < -0.3 is 4.98 Å². The van der Waals surface area contributed by atoms with Crippen molar-refractivity contribution in [1.29, 1.82) is 0 Å². The van der Waals surface area contributed by atoms with E-state index in [9.17, 15) is 9.59 Å². The van der Waals surface area contributed by atoms with E-state index in [2.05, 4.69) is 15.0 Å². The van der Waals surface area contributed by atoms with Crippen molar-refractivity contribution in [3.8, 4) is 0 Å². The second-order valence-electron chi connectivity index (χ2n) is 4.37.